The van der Waals surface area contributed by atoms with E-state index in [9.17, 15) is 15.0 Å². The highest BCUT2D eigenvalue weighted by atomic mass is 19.1. The van der Waals surface area contributed by atoms with Gasteiger partial charge < -0.3 is 31.3 Å². The number of anilines is 1. The Morgan fingerprint density at radius 1 is 1.12 bits per heavy atom. The summed E-state index contributed by atoms with van der Waals surface area (Å²) in [4.78, 5) is 22.9. The van der Waals surface area contributed by atoms with Crippen LogP contribution in [0.4, 0.5) is 18.9 Å². The van der Waals surface area contributed by atoms with Crippen LogP contribution in [-0.2, 0) is 12.0 Å². The van der Waals surface area contributed by atoms with Crippen molar-refractivity contribution in [2.45, 2.75) is 44.9 Å². The lowest BCUT2D eigenvalue weighted by molar-refractivity contribution is 0.0778. The van der Waals surface area contributed by atoms with Crippen LogP contribution in [0.1, 0.15) is 42.4 Å². The Labute approximate surface area is 228 Å². The normalized spacial score (nSPS) is 20.8. The number of aromatic nitrogens is 2. The molecule has 2 aliphatic rings. The first-order valence-corrected chi connectivity index (χ1v) is 12.8. The molecule has 9 nitrogen and oxygen atoms in total. The quantitative estimate of drug-likeness (QED) is 0.374. The van der Waals surface area contributed by atoms with Crippen molar-refractivity contribution in [1.29, 1.82) is 0 Å². The Morgan fingerprint density at radius 3 is 2.40 bits per heavy atom. The summed E-state index contributed by atoms with van der Waals surface area (Å²) in [6.07, 6.45) is 1.17. The summed E-state index contributed by atoms with van der Waals surface area (Å²) >= 11 is 0. The first-order valence-electron chi connectivity index (χ1n) is 12.8. The molecule has 0 saturated carbocycles. The van der Waals surface area contributed by atoms with Crippen molar-refractivity contribution < 1.29 is 32.9 Å². The summed E-state index contributed by atoms with van der Waals surface area (Å²) in [5.41, 5.74) is 9.87. The Hall–Kier alpha value is -3.74. The number of ether oxygens (including phenoxy) is 1. The molecule has 4 heterocycles. The number of hydrogen-bond donors (Lipinski definition) is 4. The molecule has 0 bridgehead atoms. The van der Waals surface area contributed by atoms with Crippen LogP contribution in [0, 0.1) is 23.4 Å². The van der Waals surface area contributed by atoms with Gasteiger partial charge in [0.25, 0.3) is 5.91 Å². The number of nitrogens with two attached hydrogens (primary N) is 2. The molecule has 0 aliphatic carbocycles. The third-order valence-electron chi connectivity index (χ3n) is 7.46. The number of hydrogen-bond acceptors (Lipinski definition) is 8. The average Bonchev–Trinajstić information content (AvgIpc) is 3.35. The van der Waals surface area contributed by atoms with Crippen LogP contribution >= 0.6 is 0 Å². The molecule has 0 spiro atoms. The number of pyridine rings is 2. The summed E-state index contributed by atoms with van der Waals surface area (Å²) in [5.74, 6) is -4.30. The fraction of sp³-hybridized carbons (Fsp3) is 0.393. The topological polar surface area (TPSA) is 148 Å². The van der Waals surface area contributed by atoms with E-state index >= 15 is 13.2 Å². The van der Waals surface area contributed by atoms with Gasteiger partial charge in [-0.2, -0.15) is 0 Å². The fourth-order valence-electron chi connectivity index (χ4n) is 5.39. The van der Waals surface area contributed by atoms with Gasteiger partial charge in [0.15, 0.2) is 0 Å². The van der Waals surface area contributed by atoms with Crippen molar-refractivity contribution in [3.63, 3.8) is 0 Å². The van der Waals surface area contributed by atoms with Crippen molar-refractivity contribution in [3.8, 4) is 28.3 Å². The minimum Gasteiger partial charge on any atom is -0.477 e. The molecule has 212 valence electrons. The van der Waals surface area contributed by atoms with E-state index in [1.807, 2.05) is 11.8 Å². The van der Waals surface area contributed by atoms with E-state index < -0.39 is 58.1 Å². The van der Waals surface area contributed by atoms with Gasteiger partial charge in [0.2, 0.25) is 5.88 Å². The van der Waals surface area contributed by atoms with Gasteiger partial charge in [0, 0.05) is 54.4 Å². The van der Waals surface area contributed by atoms with Crippen molar-refractivity contribution in [2.24, 2.45) is 17.4 Å². The average molecular weight is 558 g/mol. The molecule has 1 aromatic carbocycles. The highest BCUT2D eigenvalue weighted by molar-refractivity contribution is 6.01. The number of halogens is 3. The molecular weight excluding hydrogens is 527 g/mol. The van der Waals surface area contributed by atoms with Crippen molar-refractivity contribution in [3.05, 3.63) is 58.7 Å². The summed E-state index contributed by atoms with van der Waals surface area (Å²) < 4.78 is 51.5. The van der Waals surface area contributed by atoms with Gasteiger partial charge >= 0.3 is 0 Å². The molecule has 3 atom stereocenters. The summed E-state index contributed by atoms with van der Waals surface area (Å²) in [5, 5.41) is 20.6. The Bertz CT molecular complexity index is 1480. The van der Waals surface area contributed by atoms with Crippen molar-refractivity contribution in [1.82, 2.24) is 9.97 Å². The van der Waals surface area contributed by atoms with Gasteiger partial charge in [-0.15, -0.1) is 0 Å². The van der Waals surface area contributed by atoms with Crippen LogP contribution in [0.25, 0.3) is 22.4 Å². The molecule has 6 N–H and O–H groups in total. The molecule has 3 aromatic rings. The monoisotopic (exact) mass is 557 g/mol. The molecule has 12 heteroatoms. The molecule has 2 aliphatic heterocycles. The zero-order valence-corrected chi connectivity index (χ0v) is 22.2. The standard InChI is InChI=1S/C28H30F3N5O4/c1-12-10-36(11-20(32)25(12)37)24-14-4-5-40-27(14)34-9-16(24)15-8-19(31)23(35-22(15)26(33)38)21-17(29)6-13(7-18(21)30)28(2,3)39/h6-9,12,20,25,37,39H,4-5,10-11,32H2,1-3H3,(H2,33,38)/t12-,20+,25+/m0/s1. The molecule has 1 fully saturated rings. The Kier molecular flexibility index (Phi) is 6.97. The molecule has 0 unspecified atom stereocenters. The predicted octanol–water partition coefficient (Wildman–Crippen LogP) is 2.63. The number of primary amides is 1. The van der Waals surface area contributed by atoms with Crippen LogP contribution in [0.2, 0.25) is 0 Å². The van der Waals surface area contributed by atoms with Crippen LogP contribution in [0.3, 0.4) is 0 Å². The second kappa shape index (κ2) is 10.0. The maximum Gasteiger partial charge on any atom is 0.267 e. The first-order chi connectivity index (χ1) is 18.8. The zero-order chi connectivity index (χ0) is 29.1. The number of piperidine rings is 1. The third kappa shape index (κ3) is 4.76. The fourth-order valence-corrected chi connectivity index (χ4v) is 5.39. The van der Waals surface area contributed by atoms with Gasteiger partial charge in [0.05, 0.1) is 29.6 Å². The molecule has 0 radical (unpaired) electrons. The van der Waals surface area contributed by atoms with Crippen LogP contribution in [0.15, 0.2) is 24.4 Å². The Morgan fingerprint density at radius 2 is 1.80 bits per heavy atom. The van der Waals surface area contributed by atoms with E-state index in [4.69, 9.17) is 16.2 Å². The minimum absolute atomic E-state index is 0.0211. The molecule has 5 rings (SSSR count). The van der Waals surface area contributed by atoms with E-state index in [2.05, 4.69) is 9.97 Å². The molecular formula is C28H30F3N5O4. The van der Waals surface area contributed by atoms with Crippen molar-refractivity contribution in [2.75, 3.05) is 24.6 Å². The number of carbonyl (C=O) groups excluding carboxylic acids is 1. The highest BCUT2D eigenvalue weighted by Crippen LogP contribution is 2.43. The Balaban J connectivity index is 1.70. The number of carbonyl (C=O) groups is 1. The lowest BCUT2D eigenvalue weighted by atomic mass is 9.90. The predicted molar refractivity (Wildman–Crippen MR) is 141 cm³/mol. The highest BCUT2D eigenvalue weighted by Gasteiger charge is 2.36. The number of aliphatic hydroxyl groups is 2. The van der Waals surface area contributed by atoms with Gasteiger partial charge in [0.1, 0.15) is 28.8 Å². The third-order valence-corrected chi connectivity index (χ3v) is 7.46. The SMILES string of the molecule is C[C@H]1CN(c2c(-c3cc(F)c(-c4c(F)cc(C(C)(C)O)cc4F)nc3C(N)=O)cnc3c2CCO3)C[C@@H](N)[C@@H]1O. The van der Waals surface area contributed by atoms with Crippen LogP contribution < -0.4 is 21.1 Å². The maximum absolute atomic E-state index is 15.7. The maximum atomic E-state index is 15.7. The van der Waals surface area contributed by atoms with Crippen LogP contribution in [-0.4, -0.2) is 57.9 Å². The molecule has 1 amide bonds. The minimum atomic E-state index is -1.56. The van der Waals surface area contributed by atoms with E-state index in [1.165, 1.54) is 20.0 Å². The lowest BCUT2D eigenvalue weighted by Crippen LogP contribution is -2.56. The summed E-state index contributed by atoms with van der Waals surface area (Å²) in [6.45, 7) is 5.59. The number of aliphatic hydroxyl groups excluding tert-OH is 1. The summed E-state index contributed by atoms with van der Waals surface area (Å²) in [7, 11) is 0. The number of fused-ring (bicyclic) bond motifs is 1. The van der Waals surface area contributed by atoms with Gasteiger partial charge in [-0.1, -0.05) is 6.92 Å². The molecule has 1 saturated heterocycles. The zero-order valence-electron chi connectivity index (χ0n) is 22.2. The summed E-state index contributed by atoms with van der Waals surface area (Å²) in [6, 6.07) is 2.15. The van der Waals surface area contributed by atoms with Gasteiger partial charge in [-0.05, 0) is 37.6 Å². The number of rotatable bonds is 5. The largest absolute Gasteiger partial charge is 0.477 e. The van der Waals surface area contributed by atoms with E-state index in [0.717, 1.165) is 18.2 Å². The number of benzene rings is 1. The molecule has 2 aromatic heterocycles. The van der Waals surface area contributed by atoms with E-state index in [1.54, 1.807) is 0 Å². The lowest BCUT2D eigenvalue weighted by Gasteiger charge is -2.41. The second-order valence-electron chi connectivity index (χ2n) is 10.9. The van der Waals surface area contributed by atoms with Crippen LogP contribution in [0.5, 0.6) is 5.88 Å². The smallest absolute Gasteiger partial charge is 0.267 e. The first kappa shape index (κ1) is 27.8. The van der Waals surface area contributed by atoms with Crippen molar-refractivity contribution >= 4 is 11.6 Å². The van der Waals surface area contributed by atoms with Gasteiger partial charge in [-0.3, -0.25) is 4.79 Å². The second-order valence-corrected chi connectivity index (χ2v) is 10.9. The molecule has 40 heavy (non-hydrogen) atoms. The van der Waals surface area contributed by atoms with Gasteiger partial charge in [-0.25, -0.2) is 23.1 Å². The van der Waals surface area contributed by atoms with E-state index in [0.29, 0.717) is 42.3 Å². The number of nitrogens with zero attached hydrogens (tertiary/aromatic N) is 3. The number of amides is 1. The van der Waals surface area contributed by atoms with E-state index in [-0.39, 0.29) is 23.6 Å².